The van der Waals surface area contributed by atoms with Gasteiger partial charge < -0.3 is 15.2 Å². The maximum absolute atomic E-state index is 12.6. The van der Waals surface area contributed by atoms with Gasteiger partial charge in [0.05, 0.1) is 6.10 Å². The fourth-order valence-corrected chi connectivity index (χ4v) is 10.4. The molecule has 0 heterocycles. The van der Waals surface area contributed by atoms with E-state index in [1.807, 2.05) is 0 Å². The first kappa shape index (κ1) is 27.9. The van der Waals surface area contributed by atoms with E-state index in [0.29, 0.717) is 29.6 Å². The van der Waals surface area contributed by atoms with Gasteiger partial charge in [0.1, 0.15) is 11.6 Å². The van der Waals surface area contributed by atoms with Crippen LogP contribution >= 0.6 is 0 Å². The Kier molecular flexibility index (Phi) is 7.93. The van der Waals surface area contributed by atoms with Crippen molar-refractivity contribution in [3.8, 4) is 0 Å². The van der Waals surface area contributed by atoms with Crippen molar-refractivity contribution in [2.75, 3.05) is 0 Å². The van der Waals surface area contributed by atoms with E-state index in [-0.39, 0.29) is 17.3 Å². The van der Waals surface area contributed by atoms with Crippen LogP contribution in [0.5, 0.6) is 0 Å². The Bertz CT molecular complexity index is 827. The van der Waals surface area contributed by atoms with Crippen LogP contribution in [0, 0.1) is 46.3 Å². The molecule has 4 aliphatic rings. The van der Waals surface area contributed by atoms with Crippen molar-refractivity contribution in [1.29, 1.82) is 0 Å². The smallest absolute Gasteiger partial charge is 0.302 e. The number of esters is 1. The minimum Gasteiger partial charge on any atom is -0.460 e. The number of carbonyl (C=O) groups is 2. The average molecular weight is 504 g/mol. The van der Waals surface area contributed by atoms with E-state index >= 15 is 0 Å². The Labute approximate surface area is 219 Å². The highest BCUT2D eigenvalue weighted by Crippen LogP contribution is 2.69. The maximum atomic E-state index is 12.6. The molecule has 0 aromatic carbocycles. The molecule has 2 N–H and O–H groups in total. The zero-order valence-electron chi connectivity index (χ0n) is 24.1. The van der Waals surface area contributed by atoms with Crippen LogP contribution in [0.1, 0.15) is 119 Å². The van der Waals surface area contributed by atoms with Crippen LogP contribution in [0.15, 0.2) is 0 Å². The molecular weight excluding hydrogens is 450 g/mol. The van der Waals surface area contributed by atoms with Crippen LogP contribution < -0.4 is 5.32 Å². The number of carbonyl (C=O) groups excluding carboxylic acids is 2. The van der Waals surface area contributed by atoms with Crippen molar-refractivity contribution < 1.29 is 19.4 Å². The molecule has 1 amide bonds. The summed E-state index contributed by atoms with van der Waals surface area (Å²) in [6, 6.07) is 0. The van der Waals surface area contributed by atoms with Crippen molar-refractivity contribution in [2.45, 2.75) is 137 Å². The van der Waals surface area contributed by atoms with Crippen LogP contribution in [-0.2, 0) is 14.3 Å². The molecule has 206 valence electrons. The zero-order valence-corrected chi connectivity index (χ0v) is 24.1. The SMILES string of the molecule is CC(=O)N[C@]12[C@@H](O)CCC[C@]1(C)[C@@H]1CC[C@]3(C)[C@@H]([C@H](C)CCCC(C)C)CC[C@H]3[C@H]1C[C@H]2OC(C)=O. The van der Waals surface area contributed by atoms with Gasteiger partial charge >= 0.3 is 5.97 Å². The molecule has 0 unspecified atom stereocenters. The number of ether oxygens (including phenoxy) is 1. The highest BCUT2D eigenvalue weighted by atomic mass is 16.5. The van der Waals surface area contributed by atoms with Gasteiger partial charge in [0.2, 0.25) is 5.91 Å². The van der Waals surface area contributed by atoms with Gasteiger partial charge in [-0.3, -0.25) is 9.59 Å². The Morgan fingerprint density at radius 1 is 1.00 bits per heavy atom. The van der Waals surface area contributed by atoms with E-state index in [9.17, 15) is 14.7 Å². The monoisotopic (exact) mass is 503 g/mol. The topological polar surface area (TPSA) is 75.6 Å². The van der Waals surface area contributed by atoms with Gasteiger partial charge in [-0.05, 0) is 91.3 Å². The van der Waals surface area contributed by atoms with E-state index in [0.717, 1.165) is 43.4 Å². The van der Waals surface area contributed by atoms with Gasteiger partial charge in [0.25, 0.3) is 0 Å². The highest BCUT2D eigenvalue weighted by molar-refractivity contribution is 5.74. The molecule has 5 heteroatoms. The molecule has 5 nitrogen and oxygen atoms in total. The second-order valence-corrected chi connectivity index (χ2v) is 14.1. The summed E-state index contributed by atoms with van der Waals surface area (Å²) in [7, 11) is 0. The second kappa shape index (κ2) is 10.2. The third kappa shape index (κ3) is 4.43. The normalized spacial score (nSPS) is 44.8. The fraction of sp³-hybridized carbons (Fsp3) is 0.935. The largest absolute Gasteiger partial charge is 0.460 e. The third-order valence-corrected chi connectivity index (χ3v) is 11.8. The summed E-state index contributed by atoms with van der Waals surface area (Å²) in [6.45, 7) is 15.0. The summed E-state index contributed by atoms with van der Waals surface area (Å²) in [5.41, 5.74) is -0.863. The quantitative estimate of drug-likeness (QED) is 0.402. The fourth-order valence-electron chi connectivity index (χ4n) is 10.4. The minimum atomic E-state index is -0.903. The molecule has 0 spiro atoms. The second-order valence-electron chi connectivity index (χ2n) is 14.1. The predicted molar refractivity (Wildman–Crippen MR) is 143 cm³/mol. The van der Waals surface area contributed by atoms with E-state index in [1.165, 1.54) is 52.4 Å². The average Bonchev–Trinajstić information content (AvgIpc) is 3.12. The van der Waals surface area contributed by atoms with Gasteiger partial charge in [-0.1, -0.05) is 60.3 Å². The van der Waals surface area contributed by atoms with Crippen molar-refractivity contribution in [2.24, 2.45) is 46.3 Å². The number of hydrogen-bond donors (Lipinski definition) is 2. The lowest BCUT2D eigenvalue weighted by atomic mass is 9.41. The summed E-state index contributed by atoms with van der Waals surface area (Å²) in [5.74, 6) is 3.34. The van der Waals surface area contributed by atoms with Crippen molar-refractivity contribution in [3.63, 3.8) is 0 Å². The number of rotatable bonds is 7. The third-order valence-electron chi connectivity index (χ3n) is 11.8. The lowest BCUT2D eigenvalue weighted by molar-refractivity contribution is -0.226. The zero-order chi connectivity index (χ0) is 26.5. The molecule has 36 heavy (non-hydrogen) atoms. The molecule has 0 radical (unpaired) electrons. The van der Waals surface area contributed by atoms with Gasteiger partial charge in [0, 0.05) is 13.8 Å². The predicted octanol–water partition coefficient (Wildman–Crippen LogP) is 6.27. The van der Waals surface area contributed by atoms with Gasteiger partial charge in [-0.15, -0.1) is 0 Å². The number of aliphatic hydroxyl groups is 1. The number of aliphatic hydroxyl groups excluding tert-OH is 1. The van der Waals surface area contributed by atoms with E-state index < -0.39 is 17.7 Å². The van der Waals surface area contributed by atoms with Gasteiger partial charge in [-0.2, -0.15) is 0 Å². The Hall–Kier alpha value is -1.10. The van der Waals surface area contributed by atoms with Gasteiger partial charge in [0.15, 0.2) is 0 Å². The maximum Gasteiger partial charge on any atom is 0.302 e. The first-order valence-electron chi connectivity index (χ1n) is 15.0. The lowest BCUT2D eigenvalue weighted by Crippen LogP contribution is -2.78. The Morgan fingerprint density at radius 2 is 1.72 bits per heavy atom. The molecule has 4 rings (SSSR count). The van der Waals surface area contributed by atoms with Crippen molar-refractivity contribution >= 4 is 11.9 Å². The Morgan fingerprint density at radius 3 is 2.36 bits per heavy atom. The van der Waals surface area contributed by atoms with E-state index in [2.05, 4.69) is 39.9 Å². The molecule has 10 atom stereocenters. The molecule has 4 saturated carbocycles. The summed E-state index contributed by atoms with van der Waals surface area (Å²) >= 11 is 0. The molecule has 0 saturated heterocycles. The van der Waals surface area contributed by atoms with Crippen LogP contribution in [0.3, 0.4) is 0 Å². The molecule has 0 aromatic rings. The van der Waals surface area contributed by atoms with Crippen LogP contribution in [0.25, 0.3) is 0 Å². The lowest BCUT2D eigenvalue weighted by Gasteiger charge is -2.68. The highest BCUT2D eigenvalue weighted by Gasteiger charge is 2.70. The summed E-state index contributed by atoms with van der Waals surface area (Å²) in [5, 5.41) is 14.7. The Balaban J connectivity index is 1.66. The van der Waals surface area contributed by atoms with Crippen molar-refractivity contribution in [1.82, 2.24) is 5.32 Å². The van der Waals surface area contributed by atoms with Gasteiger partial charge in [-0.25, -0.2) is 0 Å². The van der Waals surface area contributed by atoms with E-state index in [4.69, 9.17) is 4.74 Å². The molecule has 0 bridgehead atoms. The van der Waals surface area contributed by atoms with Crippen molar-refractivity contribution in [3.05, 3.63) is 0 Å². The number of hydrogen-bond acceptors (Lipinski definition) is 4. The summed E-state index contributed by atoms with van der Waals surface area (Å²) in [6.07, 6.45) is 11.0. The van der Waals surface area contributed by atoms with Crippen LogP contribution in [0.4, 0.5) is 0 Å². The van der Waals surface area contributed by atoms with Crippen LogP contribution in [-0.4, -0.2) is 34.7 Å². The standard InChI is InChI=1S/C31H53NO4/c1-19(2)10-8-11-20(3)24-13-14-25-23-18-28(36-22(5)34)31(32-21(4)33)27(35)12-9-16-30(31,7)26(23)15-17-29(24,25)6/h19-20,23-28,35H,8-18H2,1-7H3,(H,32,33)/t20-,23-,24-,25+,26-,27+,28-,29-,30-,31+/m1/s1. The molecule has 0 aliphatic heterocycles. The van der Waals surface area contributed by atoms with Crippen LogP contribution in [0.2, 0.25) is 0 Å². The first-order valence-corrected chi connectivity index (χ1v) is 15.0. The summed E-state index contributed by atoms with van der Waals surface area (Å²) < 4.78 is 6.07. The first-order chi connectivity index (χ1) is 16.9. The van der Waals surface area contributed by atoms with E-state index in [1.54, 1.807) is 0 Å². The molecule has 4 fully saturated rings. The number of nitrogens with one attached hydrogen (secondary N) is 1. The minimum absolute atomic E-state index is 0.144. The summed E-state index contributed by atoms with van der Waals surface area (Å²) in [4.78, 5) is 24.9. The molecule has 4 aliphatic carbocycles. The molecular formula is C31H53NO4. The number of fused-ring (bicyclic) bond motifs is 5. The molecule has 0 aromatic heterocycles. The number of amides is 1.